The fourth-order valence-electron chi connectivity index (χ4n) is 1.85. The number of hydrogen-bond donors (Lipinski definition) is 2. The monoisotopic (exact) mass is 206 g/mol. The average Bonchev–Trinajstić information content (AvgIpc) is 2.29. The van der Waals surface area contributed by atoms with Crippen LogP contribution in [-0.4, -0.2) is 19.3 Å². The van der Waals surface area contributed by atoms with E-state index in [1.165, 1.54) is 5.56 Å². The molecule has 0 amide bonds. The standard InChI is InChI=1S/C12H18N2O/c13-12-4-2-1-3-10(12)9-14-11-5-7-15-8-6-11/h1-4,11,14H,5-9,13H2. The number of para-hydroxylation sites is 1. The molecule has 3 heteroatoms. The maximum absolute atomic E-state index is 5.87. The van der Waals surface area contributed by atoms with Gasteiger partial charge in [-0.1, -0.05) is 18.2 Å². The van der Waals surface area contributed by atoms with Gasteiger partial charge < -0.3 is 15.8 Å². The quantitative estimate of drug-likeness (QED) is 0.737. The van der Waals surface area contributed by atoms with E-state index >= 15 is 0 Å². The molecule has 2 rings (SSSR count). The van der Waals surface area contributed by atoms with Gasteiger partial charge in [-0.3, -0.25) is 0 Å². The van der Waals surface area contributed by atoms with Gasteiger partial charge in [0.1, 0.15) is 0 Å². The highest BCUT2D eigenvalue weighted by Gasteiger charge is 2.12. The van der Waals surface area contributed by atoms with Crippen molar-refractivity contribution < 1.29 is 4.74 Å². The van der Waals surface area contributed by atoms with Crippen molar-refractivity contribution in [2.75, 3.05) is 18.9 Å². The molecule has 0 aromatic heterocycles. The number of hydrogen-bond acceptors (Lipinski definition) is 3. The van der Waals surface area contributed by atoms with E-state index in [2.05, 4.69) is 11.4 Å². The van der Waals surface area contributed by atoms with E-state index in [1.54, 1.807) is 0 Å². The van der Waals surface area contributed by atoms with Crippen molar-refractivity contribution in [2.24, 2.45) is 0 Å². The first-order valence-corrected chi connectivity index (χ1v) is 5.51. The summed E-state index contributed by atoms with van der Waals surface area (Å²) in [5.74, 6) is 0. The summed E-state index contributed by atoms with van der Waals surface area (Å²) in [5.41, 5.74) is 7.93. The smallest absolute Gasteiger partial charge is 0.0480 e. The van der Waals surface area contributed by atoms with E-state index in [0.29, 0.717) is 6.04 Å². The van der Waals surface area contributed by atoms with Crippen LogP contribution in [0.4, 0.5) is 5.69 Å². The summed E-state index contributed by atoms with van der Waals surface area (Å²) in [6, 6.07) is 8.59. The Hall–Kier alpha value is -1.06. The number of nitrogens with two attached hydrogens (primary N) is 1. The zero-order chi connectivity index (χ0) is 10.5. The molecule has 82 valence electrons. The lowest BCUT2D eigenvalue weighted by atomic mass is 10.1. The average molecular weight is 206 g/mol. The van der Waals surface area contributed by atoms with Crippen LogP contribution in [0.15, 0.2) is 24.3 Å². The number of anilines is 1. The molecule has 1 aliphatic rings. The Morgan fingerprint density at radius 1 is 1.27 bits per heavy atom. The van der Waals surface area contributed by atoms with Crippen LogP contribution in [0.3, 0.4) is 0 Å². The maximum atomic E-state index is 5.87. The third-order valence-corrected chi connectivity index (χ3v) is 2.86. The van der Waals surface area contributed by atoms with Crippen molar-refractivity contribution in [3.05, 3.63) is 29.8 Å². The highest BCUT2D eigenvalue weighted by atomic mass is 16.5. The zero-order valence-electron chi connectivity index (χ0n) is 8.91. The molecule has 0 bridgehead atoms. The number of benzene rings is 1. The molecule has 15 heavy (non-hydrogen) atoms. The van der Waals surface area contributed by atoms with E-state index in [9.17, 15) is 0 Å². The van der Waals surface area contributed by atoms with Crippen LogP contribution in [0, 0.1) is 0 Å². The topological polar surface area (TPSA) is 47.3 Å². The molecule has 1 heterocycles. The summed E-state index contributed by atoms with van der Waals surface area (Å²) < 4.78 is 5.31. The van der Waals surface area contributed by atoms with Gasteiger partial charge in [-0.25, -0.2) is 0 Å². The molecule has 0 radical (unpaired) electrons. The lowest BCUT2D eigenvalue weighted by Gasteiger charge is -2.23. The van der Waals surface area contributed by atoms with Crippen molar-refractivity contribution >= 4 is 5.69 Å². The first-order chi connectivity index (χ1) is 7.36. The minimum atomic E-state index is 0.582. The molecule has 3 N–H and O–H groups in total. The van der Waals surface area contributed by atoms with E-state index in [-0.39, 0.29) is 0 Å². The highest BCUT2D eigenvalue weighted by molar-refractivity contribution is 5.46. The predicted octanol–water partition coefficient (Wildman–Crippen LogP) is 1.54. The Labute approximate surface area is 90.6 Å². The SMILES string of the molecule is Nc1ccccc1CNC1CCOCC1. The van der Waals surface area contributed by atoms with E-state index in [0.717, 1.165) is 38.3 Å². The Kier molecular flexibility index (Phi) is 3.59. The normalized spacial score (nSPS) is 17.9. The lowest BCUT2D eigenvalue weighted by molar-refractivity contribution is 0.0776. The van der Waals surface area contributed by atoms with E-state index in [1.807, 2.05) is 18.2 Å². The Bertz CT molecular complexity index is 308. The van der Waals surface area contributed by atoms with E-state index < -0.39 is 0 Å². The minimum absolute atomic E-state index is 0.582. The zero-order valence-corrected chi connectivity index (χ0v) is 8.91. The molecule has 1 aromatic rings. The third kappa shape index (κ3) is 2.94. The molecule has 1 fully saturated rings. The summed E-state index contributed by atoms with van der Waals surface area (Å²) >= 11 is 0. The maximum Gasteiger partial charge on any atom is 0.0480 e. The van der Waals surface area contributed by atoms with Gasteiger partial charge in [0.15, 0.2) is 0 Å². The van der Waals surface area contributed by atoms with Crippen LogP contribution >= 0.6 is 0 Å². The van der Waals surface area contributed by atoms with Crippen LogP contribution in [0.5, 0.6) is 0 Å². The lowest BCUT2D eigenvalue weighted by Crippen LogP contribution is -2.34. The Morgan fingerprint density at radius 3 is 2.73 bits per heavy atom. The molecule has 0 unspecified atom stereocenters. The molecule has 0 atom stereocenters. The van der Waals surface area contributed by atoms with Crippen LogP contribution in [0.1, 0.15) is 18.4 Å². The van der Waals surface area contributed by atoms with Gasteiger partial charge >= 0.3 is 0 Å². The summed E-state index contributed by atoms with van der Waals surface area (Å²) in [4.78, 5) is 0. The van der Waals surface area contributed by atoms with Crippen molar-refractivity contribution in [1.82, 2.24) is 5.32 Å². The molecule has 0 saturated carbocycles. The largest absolute Gasteiger partial charge is 0.398 e. The highest BCUT2D eigenvalue weighted by Crippen LogP contribution is 2.12. The first kappa shape index (κ1) is 10.5. The minimum Gasteiger partial charge on any atom is -0.398 e. The van der Waals surface area contributed by atoms with E-state index in [4.69, 9.17) is 10.5 Å². The number of nitrogens with one attached hydrogen (secondary N) is 1. The van der Waals surface area contributed by atoms with Crippen LogP contribution in [0.2, 0.25) is 0 Å². The summed E-state index contributed by atoms with van der Waals surface area (Å²) in [5, 5.41) is 3.52. The molecular weight excluding hydrogens is 188 g/mol. The summed E-state index contributed by atoms with van der Waals surface area (Å²) in [7, 11) is 0. The fourth-order valence-corrected chi connectivity index (χ4v) is 1.85. The van der Waals surface area contributed by atoms with Gasteiger partial charge in [0.05, 0.1) is 0 Å². The molecule has 1 aliphatic heterocycles. The predicted molar refractivity (Wildman–Crippen MR) is 61.5 cm³/mol. The molecule has 0 spiro atoms. The molecule has 0 aliphatic carbocycles. The van der Waals surface area contributed by atoms with Gasteiger partial charge in [-0.2, -0.15) is 0 Å². The first-order valence-electron chi connectivity index (χ1n) is 5.51. The van der Waals surface area contributed by atoms with Crippen LogP contribution in [0.25, 0.3) is 0 Å². The number of rotatable bonds is 3. The van der Waals surface area contributed by atoms with Crippen LogP contribution < -0.4 is 11.1 Å². The third-order valence-electron chi connectivity index (χ3n) is 2.86. The number of nitrogen functional groups attached to an aromatic ring is 1. The van der Waals surface area contributed by atoms with Crippen molar-refractivity contribution in [3.8, 4) is 0 Å². The second-order valence-corrected chi connectivity index (χ2v) is 3.97. The van der Waals surface area contributed by atoms with Gasteiger partial charge in [-0.05, 0) is 24.5 Å². The van der Waals surface area contributed by atoms with Gasteiger partial charge in [-0.15, -0.1) is 0 Å². The molecule has 1 aromatic carbocycles. The second-order valence-electron chi connectivity index (χ2n) is 3.97. The molecule has 1 saturated heterocycles. The molecule has 3 nitrogen and oxygen atoms in total. The Balaban J connectivity index is 1.84. The van der Waals surface area contributed by atoms with Gasteiger partial charge in [0.2, 0.25) is 0 Å². The van der Waals surface area contributed by atoms with Crippen LogP contribution in [-0.2, 0) is 11.3 Å². The second kappa shape index (κ2) is 5.14. The fraction of sp³-hybridized carbons (Fsp3) is 0.500. The summed E-state index contributed by atoms with van der Waals surface area (Å²) in [6.07, 6.45) is 2.21. The van der Waals surface area contributed by atoms with Crippen molar-refractivity contribution in [1.29, 1.82) is 0 Å². The number of ether oxygens (including phenoxy) is 1. The van der Waals surface area contributed by atoms with Crippen molar-refractivity contribution in [2.45, 2.75) is 25.4 Å². The summed E-state index contributed by atoms with van der Waals surface area (Å²) in [6.45, 7) is 2.61. The van der Waals surface area contributed by atoms with Crippen molar-refractivity contribution in [3.63, 3.8) is 0 Å². The van der Waals surface area contributed by atoms with Gasteiger partial charge in [0.25, 0.3) is 0 Å². The molecular formula is C12H18N2O. The van der Waals surface area contributed by atoms with Gasteiger partial charge in [0, 0.05) is 31.5 Å². The Morgan fingerprint density at radius 2 is 2.00 bits per heavy atom.